The number of primary amides is 1. The van der Waals surface area contributed by atoms with Crippen molar-refractivity contribution in [3.8, 4) is 5.75 Å². The van der Waals surface area contributed by atoms with Gasteiger partial charge in [0.2, 0.25) is 5.91 Å². The highest BCUT2D eigenvalue weighted by atomic mass is 35.5. The Morgan fingerprint density at radius 2 is 1.67 bits per heavy atom. The summed E-state index contributed by atoms with van der Waals surface area (Å²) in [7, 11) is 0. The molecule has 170 valence electrons. The lowest BCUT2D eigenvalue weighted by atomic mass is 10.0. The zero-order chi connectivity index (χ0) is 23.8. The van der Waals surface area contributed by atoms with E-state index in [0.29, 0.717) is 21.7 Å². The van der Waals surface area contributed by atoms with Crippen LogP contribution in [-0.4, -0.2) is 46.8 Å². The Bertz CT molecular complexity index is 1130. The van der Waals surface area contributed by atoms with Crippen LogP contribution in [0.15, 0.2) is 67.0 Å². The van der Waals surface area contributed by atoms with Crippen molar-refractivity contribution in [1.82, 2.24) is 15.6 Å². The summed E-state index contributed by atoms with van der Waals surface area (Å²) in [6.45, 7) is 1.86. The van der Waals surface area contributed by atoms with Gasteiger partial charge in [0.15, 0.2) is 5.78 Å². The molecule has 33 heavy (non-hydrogen) atoms. The van der Waals surface area contributed by atoms with Crippen LogP contribution in [0.3, 0.4) is 0 Å². The first kappa shape index (κ1) is 23.9. The van der Waals surface area contributed by atoms with Crippen LogP contribution in [0.5, 0.6) is 5.75 Å². The smallest absolute Gasteiger partial charge is 0.251 e. The van der Waals surface area contributed by atoms with Crippen LogP contribution in [0.25, 0.3) is 0 Å². The molecule has 1 unspecified atom stereocenters. The van der Waals surface area contributed by atoms with Crippen molar-refractivity contribution in [1.29, 1.82) is 0 Å². The zero-order valence-electron chi connectivity index (χ0n) is 17.6. The van der Waals surface area contributed by atoms with Crippen molar-refractivity contribution in [2.75, 3.05) is 13.1 Å². The second-order valence-corrected chi connectivity index (χ2v) is 7.77. The lowest BCUT2D eigenvalue weighted by Crippen LogP contribution is -2.36. The van der Waals surface area contributed by atoms with Crippen molar-refractivity contribution >= 4 is 29.2 Å². The van der Waals surface area contributed by atoms with E-state index in [2.05, 4.69) is 15.6 Å². The van der Waals surface area contributed by atoms with Gasteiger partial charge < -0.3 is 21.5 Å². The van der Waals surface area contributed by atoms with Gasteiger partial charge in [-0.2, -0.15) is 0 Å². The van der Waals surface area contributed by atoms with Gasteiger partial charge in [-0.15, -0.1) is 0 Å². The molecule has 1 aliphatic heterocycles. The Hall–Kier alpha value is -3.75. The monoisotopic (exact) mass is 466 g/mol. The number of nitrogens with zero attached hydrogens (tertiary/aromatic N) is 1. The maximum absolute atomic E-state index is 12.2. The zero-order valence-corrected chi connectivity index (χ0v) is 18.4. The molecule has 1 aromatic heterocycles. The van der Waals surface area contributed by atoms with E-state index >= 15 is 0 Å². The summed E-state index contributed by atoms with van der Waals surface area (Å²) < 4.78 is 0. The van der Waals surface area contributed by atoms with Crippen LogP contribution in [0.1, 0.15) is 43.1 Å². The number of phenols is 1. The second-order valence-electron chi connectivity index (χ2n) is 7.33. The number of halogens is 1. The quantitative estimate of drug-likeness (QED) is 0.427. The molecule has 1 saturated heterocycles. The van der Waals surface area contributed by atoms with E-state index < -0.39 is 5.91 Å². The number of aromatic nitrogens is 1. The van der Waals surface area contributed by atoms with Crippen molar-refractivity contribution in [3.63, 3.8) is 0 Å². The molecule has 2 amide bonds. The number of amides is 2. The topological polar surface area (TPSA) is 134 Å². The molecule has 1 atom stereocenters. The van der Waals surface area contributed by atoms with E-state index in [1.165, 1.54) is 42.5 Å². The molecule has 0 aliphatic carbocycles. The molecule has 1 fully saturated rings. The van der Waals surface area contributed by atoms with Crippen LogP contribution < -0.4 is 16.4 Å². The third-order valence-corrected chi connectivity index (χ3v) is 5.21. The van der Waals surface area contributed by atoms with Crippen molar-refractivity contribution in [3.05, 3.63) is 94.3 Å². The van der Waals surface area contributed by atoms with Gasteiger partial charge in [0, 0.05) is 46.7 Å². The van der Waals surface area contributed by atoms with Gasteiger partial charge in [0.1, 0.15) is 5.75 Å². The first-order valence-corrected chi connectivity index (χ1v) is 10.6. The molecule has 9 heteroatoms. The molecular formula is C24H23ClN4O4. The average molecular weight is 467 g/mol. The fraction of sp³-hybridized carbons (Fsp3) is 0.167. The number of aromatic hydroxyl groups is 1. The van der Waals surface area contributed by atoms with Gasteiger partial charge in [-0.05, 0) is 55.4 Å². The van der Waals surface area contributed by atoms with Gasteiger partial charge in [-0.3, -0.25) is 19.4 Å². The van der Waals surface area contributed by atoms with Crippen molar-refractivity contribution in [2.45, 2.75) is 12.5 Å². The maximum Gasteiger partial charge on any atom is 0.251 e. The largest absolute Gasteiger partial charge is 0.507 e. The normalized spacial score (nSPS) is 14.6. The Kier molecular flexibility index (Phi) is 8.12. The van der Waals surface area contributed by atoms with Gasteiger partial charge in [0.25, 0.3) is 5.91 Å². The predicted octanol–water partition coefficient (Wildman–Crippen LogP) is 2.55. The second kappa shape index (κ2) is 11.2. The average Bonchev–Trinajstić information content (AvgIpc) is 3.34. The van der Waals surface area contributed by atoms with Crippen LogP contribution in [-0.2, 0) is 0 Å². The van der Waals surface area contributed by atoms with Gasteiger partial charge in [-0.25, -0.2) is 0 Å². The summed E-state index contributed by atoms with van der Waals surface area (Å²) in [6, 6.07) is 13.8. The number of nitrogens with two attached hydrogens (primary N) is 1. The van der Waals surface area contributed by atoms with Gasteiger partial charge in [0.05, 0.1) is 5.56 Å². The van der Waals surface area contributed by atoms with Crippen LogP contribution >= 0.6 is 11.6 Å². The fourth-order valence-electron chi connectivity index (χ4n) is 3.18. The van der Waals surface area contributed by atoms with Crippen molar-refractivity contribution < 1.29 is 19.5 Å². The van der Waals surface area contributed by atoms with Crippen LogP contribution in [0.4, 0.5) is 0 Å². The lowest BCUT2D eigenvalue weighted by molar-refractivity contribution is 0.0938. The van der Waals surface area contributed by atoms with E-state index in [1.807, 2.05) is 0 Å². The molecule has 0 saturated carbocycles. The summed E-state index contributed by atoms with van der Waals surface area (Å²) in [5, 5.41) is 16.2. The van der Waals surface area contributed by atoms with E-state index in [0.717, 1.165) is 19.5 Å². The SMILES string of the molecule is NC(=O)c1ccc(C(=O)c2cc(Cl)ccc2O)cc1.O=C(NC1CCNC1)c1ccncc1. The van der Waals surface area contributed by atoms with E-state index in [9.17, 15) is 19.5 Å². The number of benzene rings is 2. The van der Waals surface area contributed by atoms with Gasteiger partial charge in [-0.1, -0.05) is 23.7 Å². The first-order valence-electron chi connectivity index (χ1n) is 10.2. The van der Waals surface area contributed by atoms with E-state index in [1.54, 1.807) is 24.5 Å². The van der Waals surface area contributed by atoms with Crippen molar-refractivity contribution in [2.24, 2.45) is 5.73 Å². The molecule has 0 spiro atoms. The first-order chi connectivity index (χ1) is 15.8. The minimum atomic E-state index is -0.565. The molecule has 2 aromatic carbocycles. The minimum Gasteiger partial charge on any atom is -0.507 e. The number of carbonyl (C=O) groups excluding carboxylic acids is 3. The summed E-state index contributed by atoms with van der Waals surface area (Å²) in [4.78, 5) is 38.6. The summed E-state index contributed by atoms with van der Waals surface area (Å²) in [6.07, 6.45) is 4.26. The molecule has 3 aromatic rings. The number of rotatable bonds is 5. The minimum absolute atomic E-state index is 0.0129. The lowest BCUT2D eigenvalue weighted by Gasteiger charge is -2.10. The summed E-state index contributed by atoms with van der Waals surface area (Å²) in [5.41, 5.74) is 6.54. The highest BCUT2D eigenvalue weighted by molar-refractivity contribution is 6.31. The molecule has 2 heterocycles. The number of carbonyl (C=O) groups is 3. The van der Waals surface area contributed by atoms with Crippen LogP contribution in [0, 0.1) is 0 Å². The molecule has 1 aliphatic rings. The number of pyridine rings is 1. The molecule has 4 rings (SSSR count). The molecule has 0 radical (unpaired) electrons. The summed E-state index contributed by atoms with van der Waals surface area (Å²) in [5.74, 6) is -1.10. The number of hydrogen-bond donors (Lipinski definition) is 4. The number of ketones is 1. The fourth-order valence-corrected chi connectivity index (χ4v) is 3.35. The third-order valence-electron chi connectivity index (χ3n) is 4.97. The van der Waals surface area contributed by atoms with E-state index in [4.69, 9.17) is 17.3 Å². The Balaban J connectivity index is 0.000000194. The molecular weight excluding hydrogens is 444 g/mol. The van der Waals surface area contributed by atoms with Gasteiger partial charge >= 0.3 is 0 Å². The standard InChI is InChI=1S/C14H10ClNO3.C10H13N3O/c15-10-5-6-12(17)11(7-10)13(18)8-1-3-9(4-2-8)14(16)19;14-10(8-1-4-11-5-2-8)13-9-3-6-12-7-9/h1-7,17H,(H2,16,19);1-2,4-5,9,12H,3,6-7H2,(H,13,14). The molecule has 0 bridgehead atoms. The number of hydrogen-bond acceptors (Lipinski definition) is 6. The number of nitrogens with one attached hydrogen (secondary N) is 2. The van der Waals surface area contributed by atoms with Crippen LogP contribution in [0.2, 0.25) is 5.02 Å². The Labute approximate surface area is 195 Å². The number of phenolic OH excluding ortho intramolecular Hbond substituents is 1. The predicted molar refractivity (Wildman–Crippen MR) is 124 cm³/mol. The Morgan fingerprint density at radius 1 is 1.00 bits per heavy atom. The molecule has 8 nitrogen and oxygen atoms in total. The maximum atomic E-state index is 12.2. The highest BCUT2D eigenvalue weighted by Crippen LogP contribution is 2.24. The summed E-state index contributed by atoms with van der Waals surface area (Å²) >= 11 is 5.79. The highest BCUT2D eigenvalue weighted by Gasteiger charge is 2.17. The van der Waals surface area contributed by atoms with E-state index in [-0.39, 0.29) is 29.0 Å². The Morgan fingerprint density at radius 3 is 2.27 bits per heavy atom. The third kappa shape index (κ3) is 6.61. The molecule has 5 N–H and O–H groups in total.